The smallest absolute Gasteiger partial charge is 0.191 e. The first kappa shape index (κ1) is 19.5. The first-order chi connectivity index (χ1) is 13.2. The Morgan fingerprint density at radius 2 is 1.96 bits per heavy atom. The van der Waals surface area contributed by atoms with Crippen molar-refractivity contribution >= 4 is 5.96 Å². The lowest BCUT2D eigenvalue weighted by Gasteiger charge is -2.28. The summed E-state index contributed by atoms with van der Waals surface area (Å²) in [7, 11) is 1.96. The Hall–Kier alpha value is -2.30. The van der Waals surface area contributed by atoms with Crippen molar-refractivity contribution in [2.24, 2.45) is 12.0 Å². The molecule has 27 heavy (non-hydrogen) atoms. The number of guanidine groups is 1. The van der Waals surface area contributed by atoms with Gasteiger partial charge < -0.3 is 10.6 Å². The molecule has 0 radical (unpaired) electrons. The first-order valence-electron chi connectivity index (χ1n) is 10.3. The maximum absolute atomic E-state index is 4.97. The number of aliphatic imine (C=N–C) groups is 1. The highest BCUT2D eigenvalue weighted by atomic mass is 15.2. The molecule has 3 rings (SSSR count). The van der Waals surface area contributed by atoms with Gasteiger partial charge >= 0.3 is 0 Å². The molecular formula is C22H33N5. The molecule has 0 saturated heterocycles. The van der Waals surface area contributed by atoms with Gasteiger partial charge in [0.1, 0.15) is 0 Å². The molecule has 1 aliphatic rings. The molecule has 1 fully saturated rings. The fraction of sp³-hybridized carbons (Fsp3) is 0.545. The highest BCUT2D eigenvalue weighted by molar-refractivity contribution is 5.79. The first-order valence-corrected chi connectivity index (χ1v) is 10.3. The zero-order valence-electron chi connectivity index (χ0n) is 16.7. The van der Waals surface area contributed by atoms with Gasteiger partial charge in [0.05, 0.1) is 12.7 Å². The summed E-state index contributed by atoms with van der Waals surface area (Å²) in [5.74, 6) is 0.936. The van der Waals surface area contributed by atoms with E-state index in [-0.39, 0.29) is 5.41 Å². The number of nitrogens with zero attached hydrogens (tertiary/aromatic N) is 3. The third kappa shape index (κ3) is 5.34. The van der Waals surface area contributed by atoms with E-state index in [0.29, 0.717) is 0 Å². The molecule has 1 aliphatic carbocycles. The van der Waals surface area contributed by atoms with Crippen LogP contribution >= 0.6 is 0 Å². The van der Waals surface area contributed by atoms with Crippen LogP contribution < -0.4 is 10.6 Å². The predicted molar refractivity (Wildman–Crippen MR) is 112 cm³/mol. The lowest BCUT2D eigenvalue weighted by Crippen LogP contribution is -2.39. The van der Waals surface area contributed by atoms with Crippen LogP contribution in [0.4, 0.5) is 0 Å². The molecule has 0 spiro atoms. The minimum absolute atomic E-state index is 0.208. The Bertz CT molecular complexity index is 713. The van der Waals surface area contributed by atoms with Crippen LogP contribution in [0.2, 0.25) is 0 Å². The molecule has 0 amide bonds. The van der Waals surface area contributed by atoms with Gasteiger partial charge in [-0.1, -0.05) is 43.2 Å². The summed E-state index contributed by atoms with van der Waals surface area (Å²) in [5.41, 5.74) is 2.94. The van der Waals surface area contributed by atoms with Crippen molar-refractivity contribution in [1.82, 2.24) is 20.4 Å². The van der Waals surface area contributed by atoms with Gasteiger partial charge in [-0.05, 0) is 43.7 Å². The second-order valence-corrected chi connectivity index (χ2v) is 7.60. The standard InChI is InChI=1S/C22H33N5/c1-3-23-21(24-15-9-10-19-16-26-27(2)17-19)25-18-22(13-7-8-14-22)20-11-5-4-6-12-20/h4-6,11-12,16-17H,3,7-10,13-15,18H2,1-2H3,(H2,23,24,25). The molecule has 0 bridgehead atoms. The lowest BCUT2D eigenvalue weighted by molar-refractivity contribution is 0.452. The number of rotatable bonds is 8. The van der Waals surface area contributed by atoms with Gasteiger partial charge in [0, 0.05) is 31.7 Å². The molecule has 5 nitrogen and oxygen atoms in total. The lowest BCUT2D eigenvalue weighted by atomic mass is 9.79. The molecule has 1 aromatic heterocycles. The van der Waals surface area contributed by atoms with Gasteiger partial charge in [-0.3, -0.25) is 9.67 Å². The molecule has 1 saturated carbocycles. The minimum atomic E-state index is 0.208. The Balaban J connectivity index is 1.57. The maximum Gasteiger partial charge on any atom is 0.191 e. The second kappa shape index (κ2) is 9.58. The predicted octanol–water partition coefficient (Wildman–Crippen LogP) is 3.42. The summed E-state index contributed by atoms with van der Waals surface area (Å²) in [6.45, 7) is 4.77. The van der Waals surface area contributed by atoms with Crippen LogP contribution in [0.3, 0.4) is 0 Å². The van der Waals surface area contributed by atoms with E-state index < -0.39 is 0 Å². The van der Waals surface area contributed by atoms with Crippen LogP contribution in [0.25, 0.3) is 0 Å². The number of hydrogen-bond acceptors (Lipinski definition) is 2. The fourth-order valence-corrected chi connectivity index (χ4v) is 4.05. The van der Waals surface area contributed by atoms with Crippen molar-refractivity contribution in [2.75, 3.05) is 19.6 Å². The van der Waals surface area contributed by atoms with Crippen LogP contribution in [0.15, 0.2) is 47.7 Å². The molecule has 146 valence electrons. The molecule has 1 heterocycles. The summed E-state index contributed by atoms with van der Waals surface area (Å²) in [6, 6.07) is 11.0. The van der Waals surface area contributed by atoms with Crippen LogP contribution in [0.1, 0.15) is 50.2 Å². The van der Waals surface area contributed by atoms with Gasteiger partial charge in [0.15, 0.2) is 5.96 Å². The van der Waals surface area contributed by atoms with E-state index in [0.717, 1.165) is 38.4 Å². The van der Waals surface area contributed by atoms with Gasteiger partial charge in [-0.2, -0.15) is 5.10 Å². The fourth-order valence-electron chi connectivity index (χ4n) is 4.05. The van der Waals surface area contributed by atoms with Gasteiger partial charge in [-0.15, -0.1) is 0 Å². The number of aromatic nitrogens is 2. The SMILES string of the molecule is CCNC(=NCC1(c2ccccc2)CCCC1)NCCCc1cnn(C)c1. The molecule has 2 N–H and O–H groups in total. The van der Waals surface area contributed by atoms with E-state index in [1.54, 1.807) is 0 Å². The summed E-state index contributed by atoms with van der Waals surface area (Å²) < 4.78 is 1.86. The average molecular weight is 368 g/mol. The van der Waals surface area contributed by atoms with Crippen molar-refractivity contribution in [3.05, 3.63) is 53.9 Å². The Labute approximate surface area is 163 Å². The molecule has 0 unspecified atom stereocenters. The third-order valence-corrected chi connectivity index (χ3v) is 5.52. The van der Waals surface area contributed by atoms with Crippen molar-refractivity contribution in [1.29, 1.82) is 0 Å². The maximum atomic E-state index is 4.97. The molecular weight excluding hydrogens is 334 g/mol. The summed E-state index contributed by atoms with van der Waals surface area (Å²) >= 11 is 0. The third-order valence-electron chi connectivity index (χ3n) is 5.52. The molecule has 2 aromatic rings. The van der Waals surface area contributed by atoms with E-state index in [9.17, 15) is 0 Å². The largest absolute Gasteiger partial charge is 0.357 e. The van der Waals surface area contributed by atoms with Crippen molar-refractivity contribution < 1.29 is 0 Å². The topological polar surface area (TPSA) is 54.2 Å². The molecule has 0 aliphatic heterocycles. The highest BCUT2D eigenvalue weighted by Gasteiger charge is 2.35. The zero-order valence-corrected chi connectivity index (χ0v) is 16.7. The Kier molecular flexibility index (Phi) is 6.91. The van der Waals surface area contributed by atoms with Crippen molar-refractivity contribution in [3.63, 3.8) is 0 Å². The van der Waals surface area contributed by atoms with Crippen molar-refractivity contribution in [2.45, 2.75) is 50.9 Å². The van der Waals surface area contributed by atoms with Gasteiger partial charge in [0.2, 0.25) is 0 Å². The Morgan fingerprint density at radius 1 is 1.19 bits per heavy atom. The molecule has 0 atom stereocenters. The van der Waals surface area contributed by atoms with Gasteiger partial charge in [-0.25, -0.2) is 0 Å². The summed E-state index contributed by atoms with van der Waals surface area (Å²) in [6.07, 6.45) is 11.2. The zero-order chi connectivity index (χ0) is 19.0. The normalized spacial score (nSPS) is 16.4. The quantitative estimate of drug-likeness (QED) is 0.427. The van der Waals surface area contributed by atoms with Gasteiger partial charge in [0.25, 0.3) is 0 Å². The van der Waals surface area contributed by atoms with Crippen molar-refractivity contribution in [3.8, 4) is 0 Å². The van der Waals surface area contributed by atoms with Crippen LogP contribution in [-0.2, 0) is 18.9 Å². The highest BCUT2D eigenvalue weighted by Crippen LogP contribution is 2.41. The number of nitrogens with one attached hydrogen (secondary N) is 2. The monoisotopic (exact) mass is 367 g/mol. The number of aryl methyl sites for hydroxylation is 2. The van der Waals surface area contributed by atoms with Crippen LogP contribution in [0, 0.1) is 0 Å². The summed E-state index contributed by atoms with van der Waals surface area (Å²) in [5, 5.41) is 11.1. The molecule has 5 heteroatoms. The van der Waals surface area contributed by atoms with E-state index in [1.165, 1.54) is 36.8 Å². The second-order valence-electron chi connectivity index (χ2n) is 7.60. The molecule has 1 aromatic carbocycles. The van der Waals surface area contributed by atoms with E-state index in [4.69, 9.17) is 4.99 Å². The van der Waals surface area contributed by atoms with Crippen LogP contribution in [-0.4, -0.2) is 35.4 Å². The van der Waals surface area contributed by atoms with E-state index >= 15 is 0 Å². The average Bonchev–Trinajstić information content (AvgIpc) is 3.34. The van der Waals surface area contributed by atoms with E-state index in [2.05, 4.69) is 59.2 Å². The summed E-state index contributed by atoms with van der Waals surface area (Å²) in [4.78, 5) is 4.97. The van der Waals surface area contributed by atoms with E-state index in [1.807, 2.05) is 17.9 Å². The Morgan fingerprint density at radius 3 is 2.63 bits per heavy atom. The van der Waals surface area contributed by atoms with Crippen LogP contribution in [0.5, 0.6) is 0 Å². The number of hydrogen-bond donors (Lipinski definition) is 2. The number of benzene rings is 1. The minimum Gasteiger partial charge on any atom is -0.357 e.